The number of Topliss-reactive ketones (excluding diaryl/α,β-unsaturated/α-hetero) is 1. The number of carbonyl (C=O) groups is 2. The Morgan fingerprint density at radius 2 is 1.73 bits per heavy atom. The van der Waals surface area contributed by atoms with E-state index in [0.29, 0.717) is 43.1 Å². The number of allylic oxidation sites excluding steroid dienone is 2. The van der Waals surface area contributed by atoms with Crippen molar-refractivity contribution in [2.45, 2.75) is 18.8 Å². The Balaban J connectivity index is 1.24. The first kappa shape index (κ1) is 23.2. The lowest BCUT2D eigenvalue weighted by molar-refractivity contribution is -0.116. The molecular weight excluding hydrogens is 438 g/mol. The first-order valence-electron chi connectivity index (χ1n) is 11.3. The minimum atomic E-state index is -0.0875. The third-order valence-corrected chi connectivity index (χ3v) is 6.52. The van der Waals surface area contributed by atoms with E-state index in [1.54, 1.807) is 12.1 Å². The molecular formula is C26H28ClN3O3. The van der Waals surface area contributed by atoms with Crippen LogP contribution in [0.1, 0.15) is 34.7 Å². The summed E-state index contributed by atoms with van der Waals surface area (Å²) in [4.78, 5) is 33.7. The Morgan fingerprint density at radius 3 is 2.39 bits per heavy atom. The number of nitrogens with zero attached hydrogens (tertiary/aromatic N) is 3. The molecule has 2 aromatic carbocycles. The lowest BCUT2D eigenvalue weighted by atomic mass is 9.83. The maximum Gasteiger partial charge on any atom is 0.253 e. The van der Waals surface area contributed by atoms with Crippen LogP contribution in [0.15, 0.2) is 70.9 Å². The van der Waals surface area contributed by atoms with Gasteiger partial charge in [-0.1, -0.05) is 41.9 Å². The fraction of sp³-hybridized carbons (Fsp3) is 0.346. The average Bonchev–Trinajstić information content (AvgIpc) is 2.84. The van der Waals surface area contributed by atoms with E-state index in [4.69, 9.17) is 11.6 Å². The fourth-order valence-corrected chi connectivity index (χ4v) is 4.45. The van der Waals surface area contributed by atoms with Gasteiger partial charge in [0.1, 0.15) is 5.76 Å². The minimum absolute atomic E-state index is 0.0400. The zero-order valence-corrected chi connectivity index (χ0v) is 19.2. The molecule has 7 heteroatoms. The van der Waals surface area contributed by atoms with Crippen molar-refractivity contribution < 1.29 is 14.7 Å². The Hall–Kier alpha value is -2.96. The number of aliphatic imine (C=N–C) groups is 1. The first-order valence-corrected chi connectivity index (χ1v) is 11.7. The van der Waals surface area contributed by atoms with Gasteiger partial charge in [0.25, 0.3) is 5.91 Å². The molecule has 2 aromatic rings. The minimum Gasteiger partial charge on any atom is -0.511 e. The Morgan fingerprint density at radius 1 is 1.03 bits per heavy atom. The van der Waals surface area contributed by atoms with E-state index >= 15 is 0 Å². The van der Waals surface area contributed by atoms with Gasteiger partial charge in [-0.15, -0.1) is 0 Å². The Labute approximate surface area is 199 Å². The third-order valence-electron chi connectivity index (χ3n) is 6.27. The van der Waals surface area contributed by atoms with E-state index in [9.17, 15) is 14.7 Å². The fourth-order valence-electron chi connectivity index (χ4n) is 4.32. The predicted molar refractivity (Wildman–Crippen MR) is 130 cm³/mol. The maximum absolute atomic E-state index is 12.6. The highest BCUT2D eigenvalue weighted by atomic mass is 35.5. The Kier molecular flexibility index (Phi) is 7.57. The molecule has 0 bridgehead atoms. The van der Waals surface area contributed by atoms with Crippen LogP contribution < -0.4 is 0 Å². The second-order valence-corrected chi connectivity index (χ2v) is 8.91. The van der Waals surface area contributed by atoms with Crippen molar-refractivity contribution in [3.8, 4) is 0 Å². The lowest BCUT2D eigenvalue weighted by Crippen LogP contribution is -2.49. The topological polar surface area (TPSA) is 73.2 Å². The number of ketones is 1. The molecule has 6 nitrogen and oxygen atoms in total. The molecule has 1 heterocycles. The van der Waals surface area contributed by atoms with Crippen LogP contribution in [-0.4, -0.2) is 72.1 Å². The summed E-state index contributed by atoms with van der Waals surface area (Å²) >= 11 is 5.94. The summed E-state index contributed by atoms with van der Waals surface area (Å²) < 4.78 is 0. The van der Waals surface area contributed by atoms with Crippen molar-refractivity contribution in [2.75, 3.05) is 39.3 Å². The van der Waals surface area contributed by atoms with Gasteiger partial charge in [0.05, 0.1) is 12.1 Å². The third kappa shape index (κ3) is 5.89. The number of amides is 1. The molecule has 1 fully saturated rings. The van der Waals surface area contributed by atoms with Gasteiger partial charge < -0.3 is 10.0 Å². The molecule has 1 aliphatic heterocycles. The summed E-state index contributed by atoms with van der Waals surface area (Å²) in [7, 11) is 0. The molecule has 0 aromatic heterocycles. The second kappa shape index (κ2) is 10.8. The molecule has 1 aliphatic carbocycles. The van der Waals surface area contributed by atoms with Gasteiger partial charge in [-0.05, 0) is 35.7 Å². The van der Waals surface area contributed by atoms with Gasteiger partial charge in [0, 0.05) is 62.4 Å². The standard InChI is InChI=1S/C26H28ClN3O3/c27-22-8-6-19(7-9-22)21-16-24(31)23(25(32)17-21)18-28-10-11-29-12-14-30(15-13-29)26(33)20-4-2-1-3-5-20/h1-9,18,21,31H,10-17H2. The normalized spacial score (nSPS) is 20.0. The highest BCUT2D eigenvalue weighted by Crippen LogP contribution is 2.33. The van der Waals surface area contributed by atoms with Crippen molar-refractivity contribution in [3.05, 3.63) is 82.1 Å². The molecule has 0 saturated carbocycles. The van der Waals surface area contributed by atoms with E-state index < -0.39 is 0 Å². The highest BCUT2D eigenvalue weighted by molar-refractivity contribution is 6.30. The molecule has 172 valence electrons. The van der Waals surface area contributed by atoms with E-state index in [1.165, 1.54) is 6.21 Å². The van der Waals surface area contributed by atoms with Crippen molar-refractivity contribution >= 4 is 29.5 Å². The first-order chi connectivity index (χ1) is 16.0. The molecule has 0 radical (unpaired) electrons. The molecule has 1 atom stereocenters. The smallest absolute Gasteiger partial charge is 0.253 e. The number of aliphatic hydroxyl groups is 1. The summed E-state index contributed by atoms with van der Waals surface area (Å²) in [5.74, 6) is 0.0451. The number of aliphatic hydroxyl groups excluding tert-OH is 1. The lowest BCUT2D eigenvalue weighted by Gasteiger charge is -2.34. The summed E-state index contributed by atoms with van der Waals surface area (Å²) in [6.07, 6.45) is 2.29. The number of rotatable bonds is 6. The number of halogens is 1. The predicted octanol–water partition coefficient (Wildman–Crippen LogP) is 4.13. The van der Waals surface area contributed by atoms with Gasteiger partial charge in [-0.2, -0.15) is 0 Å². The van der Waals surface area contributed by atoms with Crippen LogP contribution in [0, 0.1) is 0 Å². The Bertz CT molecular complexity index is 1040. The van der Waals surface area contributed by atoms with E-state index in [-0.39, 0.29) is 23.4 Å². The van der Waals surface area contributed by atoms with Crippen LogP contribution in [-0.2, 0) is 4.79 Å². The van der Waals surface area contributed by atoms with Crippen LogP contribution in [0.25, 0.3) is 0 Å². The summed E-state index contributed by atoms with van der Waals surface area (Å²) in [6, 6.07) is 16.8. The summed E-state index contributed by atoms with van der Waals surface area (Å²) in [5, 5.41) is 11.1. The van der Waals surface area contributed by atoms with Crippen LogP contribution in [0.4, 0.5) is 0 Å². The summed E-state index contributed by atoms with van der Waals surface area (Å²) in [5.41, 5.74) is 2.04. The van der Waals surface area contributed by atoms with E-state index in [0.717, 1.165) is 30.8 Å². The molecule has 1 amide bonds. The molecule has 4 rings (SSSR count). The van der Waals surface area contributed by atoms with Crippen molar-refractivity contribution in [1.29, 1.82) is 0 Å². The molecule has 33 heavy (non-hydrogen) atoms. The van der Waals surface area contributed by atoms with Crippen LogP contribution >= 0.6 is 11.6 Å². The maximum atomic E-state index is 12.6. The molecule has 2 aliphatic rings. The van der Waals surface area contributed by atoms with Crippen molar-refractivity contribution in [1.82, 2.24) is 9.80 Å². The number of benzene rings is 2. The highest BCUT2D eigenvalue weighted by Gasteiger charge is 2.28. The van der Waals surface area contributed by atoms with E-state index in [2.05, 4.69) is 9.89 Å². The quantitative estimate of drug-likeness (QED) is 0.651. The zero-order valence-electron chi connectivity index (χ0n) is 18.5. The van der Waals surface area contributed by atoms with Crippen LogP contribution in [0.5, 0.6) is 0 Å². The second-order valence-electron chi connectivity index (χ2n) is 8.48. The zero-order chi connectivity index (χ0) is 23.2. The van der Waals surface area contributed by atoms with Gasteiger partial charge >= 0.3 is 0 Å². The largest absolute Gasteiger partial charge is 0.511 e. The number of hydrogen-bond donors (Lipinski definition) is 1. The monoisotopic (exact) mass is 465 g/mol. The number of piperazine rings is 1. The number of carbonyl (C=O) groups excluding carboxylic acids is 2. The molecule has 1 N–H and O–H groups in total. The van der Waals surface area contributed by atoms with Crippen LogP contribution in [0.3, 0.4) is 0 Å². The summed E-state index contributed by atoms with van der Waals surface area (Å²) in [6.45, 7) is 4.26. The van der Waals surface area contributed by atoms with Gasteiger partial charge in [-0.3, -0.25) is 19.5 Å². The van der Waals surface area contributed by atoms with Gasteiger partial charge in [0.15, 0.2) is 5.78 Å². The molecule has 0 spiro atoms. The van der Waals surface area contributed by atoms with Crippen molar-refractivity contribution in [2.24, 2.45) is 4.99 Å². The van der Waals surface area contributed by atoms with E-state index in [1.807, 2.05) is 47.4 Å². The average molecular weight is 466 g/mol. The van der Waals surface area contributed by atoms with Gasteiger partial charge in [0.2, 0.25) is 0 Å². The number of hydrogen-bond acceptors (Lipinski definition) is 5. The van der Waals surface area contributed by atoms with Crippen molar-refractivity contribution in [3.63, 3.8) is 0 Å². The van der Waals surface area contributed by atoms with Crippen LogP contribution in [0.2, 0.25) is 5.02 Å². The molecule has 1 saturated heterocycles. The molecule has 1 unspecified atom stereocenters. The van der Waals surface area contributed by atoms with Gasteiger partial charge in [-0.25, -0.2) is 0 Å². The SMILES string of the molecule is O=C1CC(c2ccc(Cl)cc2)CC(O)=C1C=NCCN1CCN(C(=O)c2ccccc2)CC1.